The number of para-hydroxylation sites is 1. The smallest absolute Gasteiger partial charge is 0.216 e. The van der Waals surface area contributed by atoms with Gasteiger partial charge in [-0.3, -0.25) is 0 Å². The molecule has 29 heavy (non-hydrogen) atoms. The fourth-order valence-electron chi connectivity index (χ4n) is 2.63. The fourth-order valence-corrected chi connectivity index (χ4v) is 4.04. The minimum atomic E-state index is -3.92. The molecule has 0 N–H and O–H groups in total. The topological polar surface area (TPSA) is 67.2 Å². The van der Waals surface area contributed by atoms with E-state index in [0.29, 0.717) is 17.9 Å². The third kappa shape index (κ3) is 5.14. The van der Waals surface area contributed by atoms with E-state index < -0.39 is 9.84 Å². The van der Waals surface area contributed by atoms with Gasteiger partial charge in [0.05, 0.1) is 4.90 Å². The standard InChI is InChI=1S/C23H18BrNO3S/c1-17-6-12-21(13-7-17)29(26,27)22(15-25)14-19-4-2-3-5-23(19)28-16-18-8-10-20(24)11-9-18/h2-14H,16H2,1H3/b22-14-. The highest BCUT2D eigenvalue weighted by molar-refractivity contribution is 9.10. The molecule has 0 aliphatic rings. The van der Waals surface area contributed by atoms with Crippen LogP contribution in [0.3, 0.4) is 0 Å². The van der Waals surface area contributed by atoms with Crippen molar-refractivity contribution in [3.63, 3.8) is 0 Å². The number of sulfone groups is 1. The van der Waals surface area contributed by atoms with Crippen LogP contribution in [0.1, 0.15) is 16.7 Å². The molecule has 0 aliphatic heterocycles. The van der Waals surface area contributed by atoms with Crippen LogP contribution in [0.15, 0.2) is 87.1 Å². The molecule has 0 saturated carbocycles. The first-order valence-electron chi connectivity index (χ1n) is 8.80. The van der Waals surface area contributed by atoms with Crippen molar-refractivity contribution in [1.82, 2.24) is 0 Å². The van der Waals surface area contributed by atoms with E-state index in [0.717, 1.165) is 15.6 Å². The Kier molecular flexibility index (Phi) is 6.53. The summed E-state index contributed by atoms with van der Waals surface area (Å²) in [6.45, 7) is 2.20. The van der Waals surface area contributed by atoms with Crippen LogP contribution in [0.4, 0.5) is 0 Å². The molecule has 0 aromatic heterocycles. The van der Waals surface area contributed by atoms with Gasteiger partial charge in [-0.15, -0.1) is 0 Å². The molecule has 6 heteroatoms. The third-order valence-corrected chi connectivity index (χ3v) is 6.45. The summed E-state index contributed by atoms with van der Waals surface area (Å²) in [6, 6.07) is 23.0. The molecule has 0 bridgehead atoms. The molecule has 0 spiro atoms. The second kappa shape index (κ2) is 9.08. The number of halogens is 1. The van der Waals surface area contributed by atoms with E-state index in [1.807, 2.05) is 37.3 Å². The maximum atomic E-state index is 12.9. The average Bonchev–Trinajstić information content (AvgIpc) is 2.72. The van der Waals surface area contributed by atoms with Gasteiger partial charge in [-0.2, -0.15) is 5.26 Å². The number of hydrogen-bond donors (Lipinski definition) is 0. The molecule has 0 aliphatic carbocycles. The highest BCUT2D eigenvalue weighted by atomic mass is 79.9. The van der Waals surface area contributed by atoms with Gasteiger partial charge in [0.1, 0.15) is 23.3 Å². The Bertz CT molecular complexity index is 1180. The van der Waals surface area contributed by atoms with Crippen LogP contribution >= 0.6 is 15.9 Å². The maximum absolute atomic E-state index is 12.9. The minimum absolute atomic E-state index is 0.0872. The summed E-state index contributed by atoms with van der Waals surface area (Å²) in [4.78, 5) is -0.245. The number of allylic oxidation sites excluding steroid dienone is 1. The van der Waals surface area contributed by atoms with Gasteiger partial charge in [0.2, 0.25) is 9.84 Å². The largest absolute Gasteiger partial charge is 0.488 e. The number of hydrogen-bond acceptors (Lipinski definition) is 4. The Labute approximate surface area is 179 Å². The molecular weight excluding hydrogens is 450 g/mol. The van der Waals surface area contributed by atoms with Gasteiger partial charge >= 0.3 is 0 Å². The zero-order valence-electron chi connectivity index (χ0n) is 15.7. The van der Waals surface area contributed by atoms with E-state index in [-0.39, 0.29) is 9.80 Å². The van der Waals surface area contributed by atoms with Gasteiger partial charge in [0.25, 0.3) is 0 Å². The van der Waals surface area contributed by atoms with Crippen molar-refractivity contribution < 1.29 is 13.2 Å². The van der Waals surface area contributed by atoms with E-state index in [9.17, 15) is 13.7 Å². The van der Waals surface area contributed by atoms with Gasteiger partial charge < -0.3 is 4.74 Å². The molecular formula is C23H18BrNO3S. The Morgan fingerprint density at radius 2 is 1.69 bits per heavy atom. The molecule has 0 unspecified atom stereocenters. The monoisotopic (exact) mass is 467 g/mol. The fraction of sp³-hybridized carbons (Fsp3) is 0.0870. The van der Waals surface area contributed by atoms with Crippen molar-refractivity contribution in [2.24, 2.45) is 0 Å². The first-order chi connectivity index (χ1) is 13.9. The van der Waals surface area contributed by atoms with E-state index in [1.54, 1.807) is 36.4 Å². The molecule has 3 aromatic rings. The molecule has 0 fully saturated rings. The average molecular weight is 468 g/mol. The SMILES string of the molecule is Cc1ccc(S(=O)(=O)/C(C#N)=C\c2ccccc2OCc2ccc(Br)cc2)cc1. The second-order valence-corrected chi connectivity index (χ2v) is 9.22. The first-order valence-corrected chi connectivity index (χ1v) is 11.1. The van der Waals surface area contributed by atoms with Crippen LogP contribution in [0.25, 0.3) is 6.08 Å². The summed E-state index contributed by atoms with van der Waals surface area (Å²) < 4.78 is 32.6. The van der Waals surface area contributed by atoms with Crippen LogP contribution in [0.2, 0.25) is 0 Å². The number of nitriles is 1. The maximum Gasteiger partial charge on any atom is 0.216 e. The summed E-state index contributed by atoms with van der Waals surface area (Å²) in [6.07, 6.45) is 1.35. The van der Waals surface area contributed by atoms with Crippen molar-refractivity contribution in [3.05, 3.63) is 98.9 Å². The van der Waals surface area contributed by atoms with Crippen LogP contribution in [-0.2, 0) is 16.4 Å². The van der Waals surface area contributed by atoms with E-state index in [1.165, 1.54) is 18.2 Å². The number of benzene rings is 3. The number of aryl methyl sites for hydroxylation is 1. The predicted octanol–water partition coefficient (Wildman–Crippen LogP) is 5.67. The Balaban J connectivity index is 1.91. The molecule has 3 aromatic carbocycles. The summed E-state index contributed by atoms with van der Waals surface area (Å²) in [5.74, 6) is 0.502. The molecule has 146 valence electrons. The van der Waals surface area contributed by atoms with Gasteiger partial charge in [-0.05, 0) is 48.9 Å². The summed E-state index contributed by atoms with van der Waals surface area (Å²) in [7, 11) is -3.92. The van der Waals surface area contributed by atoms with Crippen LogP contribution in [0.5, 0.6) is 5.75 Å². The molecule has 0 amide bonds. The zero-order valence-corrected chi connectivity index (χ0v) is 18.1. The quantitative estimate of drug-likeness (QED) is 0.437. The van der Waals surface area contributed by atoms with Crippen molar-refractivity contribution in [2.75, 3.05) is 0 Å². The van der Waals surface area contributed by atoms with Crippen LogP contribution in [-0.4, -0.2) is 8.42 Å². The summed E-state index contributed by atoms with van der Waals surface area (Å²) >= 11 is 3.39. The van der Waals surface area contributed by atoms with Crippen molar-refractivity contribution in [1.29, 1.82) is 5.26 Å². The Morgan fingerprint density at radius 1 is 1.03 bits per heavy atom. The van der Waals surface area contributed by atoms with Gasteiger partial charge in [-0.25, -0.2) is 8.42 Å². The number of nitrogens with zero attached hydrogens (tertiary/aromatic N) is 1. The Morgan fingerprint density at radius 3 is 2.34 bits per heavy atom. The van der Waals surface area contributed by atoms with Crippen molar-refractivity contribution in [3.8, 4) is 11.8 Å². The zero-order chi connectivity index (χ0) is 20.9. The normalized spacial score (nSPS) is 11.7. The minimum Gasteiger partial charge on any atom is -0.488 e. The molecule has 0 radical (unpaired) electrons. The molecule has 0 heterocycles. The van der Waals surface area contributed by atoms with E-state index in [4.69, 9.17) is 4.74 Å². The van der Waals surface area contributed by atoms with Crippen LogP contribution in [0, 0.1) is 18.3 Å². The second-order valence-electron chi connectivity index (χ2n) is 6.39. The highest BCUT2D eigenvalue weighted by Crippen LogP contribution is 2.26. The van der Waals surface area contributed by atoms with E-state index >= 15 is 0 Å². The first kappa shape index (κ1) is 20.8. The van der Waals surface area contributed by atoms with E-state index in [2.05, 4.69) is 15.9 Å². The third-order valence-electron chi connectivity index (χ3n) is 4.24. The highest BCUT2D eigenvalue weighted by Gasteiger charge is 2.21. The van der Waals surface area contributed by atoms with Crippen LogP contribution < -0.4 is 4.74 Å². The number of rotatable bonds is 6. The van der Waals surface area contributed by atoms with Crippen molar-refractivity contribution >= 4 is 31.8 Å². The number of ether oxygens (including phenoxy) is 1. The van der Waals surface area contributed by atoms with Crippen molar-refractivity contribution in [2.45, 2.75) is 18.4 Å². The lowest BCUT2D eigenvalue weighted by molar-refractivity contribution is 0.305. The lowest BCUT2D eigenvalue weighted by Gasteiger charge is -2.10. The Hall–Kier alpha value is -2.88. The molecule has 3 rings (SSSR count). The predicted molar refractivity (Wildman–Crippen MR) is 117 cm³/mol. The lowest BCUT2D eigenvalue weighted by atomic mass is 10.2. The van der Waals surface area contributed by atoms with Gasteiger partial charge in [0.15, 0.2) is 0 Å². The van der Waals surface area contributed by atoms with Gasteiger partial charge in [-0.1, -0.05) is 64.0 Å². The molecule has 0 saturated heterocycles. The lowest BCUT2D eigenvalue weighted by Crippen LogP contribution is -2.04. The molecule has 0 atom stereocenters. The molecule has 4 nitrogen and oxygen atoms in total. The van der Waals surface area contributed by atoms with Gasteiger partial charge in [0, 0.05) is 10.0 Å². The summed E-state index contributed by atoms with van der Waals surface area (Å²) in [5.41, 5.74) is 2.44. The summed E-state index contributed by atoms with van der Waals surface area (Å²) in [5, 5.41) is 9.52.